The second-order valence-electron chi connectivity index (χ2n) is 16.6. The number of likely N-dealkylation sites (N-methyl/N-ethyl adjacent to an activating group) is 1. The van der Waals surface area contributed by atoms with Gasteiger partial charge in [-0.15, -0.1) is 0 Å². The number of quaternary nitrogens is 1. The average molecular weight is 826 g/mol. The van der Waals surface area contributed by atoms with E-state index in [0.29, 0.717) is 12.8 Å². The number of hydrogen-bond acceptors (Lipinski definition) is 7. The number of allylic oxidation sites excluding steroid dienone is 12. The second kappa shape index (κ2) is 41.5. The highest BCUT2D eigenvalue weighted by atomic mass is 16.6. The molecule has 0 saturated carbocycles. The van der Waals surface area contributed by atoms with Gasteiger partial charge in [0, 0.05) is 19.3 Å². The van der Waals surface area contributed by atoms with Gasteiger partial charge in [-0.1, -0.05) is 151 Å². The van der Waals surface area contributed by atoms with E-state index in [1.54, 1.807) is 21.1 Å². The highest BCUT2D eigenvalue weighted by Crippen LogP contribution is 2.13. The van der Waals surface area contributed by atoms with Crippen molar-refractivity contribution >= 4 is 17.9 Å². The molecule has 8 heteroatoms. The minimum Gasteiger partial charge on any atom is -0.544 e. The molecule has 0 aromatic heterocycles. The van der Waals surface area contributed by atoms with Crippen LogP contribution >= 0.6 is 0 Å². The van der Waals surface area contributed by atoms with E-state index < -0.39 is 18.1 Å². The molecule has 0 heterocycles. The Balaban J connectivity index is 4.35. The number of rotatable bonds is 41. The van der Waals surface area contributed by atoms with Gasteiger partial charge in [0.25, 0.3) is 0 Å². The summed E-state index contributed by atoms with van der Waals surface area (Å²) in [7, 11) is 5.39. The summed E-state index contributed by atoms with van der Waals surface area (Å²) in [4.78, 5) is 36.9. The fourth-order valence-corrected chi connectivity index (χ4v) is 6.44. The quantitative estimate of drug-likeness (QED) is 0.0262. The van der Waals surface area contributed by atoms with Crippen LogP contribution in [0.25, 0.3) is 0 Å². The number of nitrogens with zero attached hydrogens (tertiary/aromatic N) is 1. The van der Waals surface area contributed by atoms with Crippen molar-refractivity contribution in [2.24, 2.45) is 0 Å². The van der Waals surface area contributed by atoms with E-state index in [1.807, 2.05) is 0 Å². The van der Waals surface area contributed by atoms with Gasteiger partial charge in [0.15, 0.2) is 6.10 Å². The number of esters is 2. The van der Waals surface area contributed by atoms with Crippen LogP contribution in [0.15, 0.2) is 72.9 Å². The SMILES string of the molecule is CC/C=C/C/C=C/C/C=C/C/C=C/C/C=C/CCCCCCCCC(=O)OC(COCCC(C(=O)[O-])[N+](C)(C)C)COC(=O)CCCCC/C=C/CCCCCCCC. The van der Waals surface area contributed by atoms with Crippen LogP contribution in [-0.4, -0.2) is 75.5 Å². The Morgan fingerprint density at radius 3 is 1.44 bits per heavy atom. The van der Waals surface area contributed by atoms with Crippen LogP contribution in [0.5, 0.6) is 0 Å². The Hall–Kier alpha value is -3.23. The van der Waals surface area contributed by atoms with Gasteiger partial charge in [0.2, 0.25) is 0 Å². The van der Waals surface area contributed by atoms with Crippen LogP contribution in [0.2, 0.25) is 0 Å². The molecule has 0 amide bonds. The highest BCUT2D eigenvalue weighted by molar-refractivity contribution is 5.70. The molecule has 0 spiro atoms. The molecule has 0 N–H and O–H groups in total. The maximum absolute atomic E-state index is 12.7. The lowest BCUT2D eigenvalue weighted by Crippen LogP contribution is -2.55. The number of carboxylic acids is 1. The standard InChI is InChI=1S/C51H87NO7/c1-6-8-10-12-14-16-18-20-21-22-23-24-25-26-27-28-30-32-34-36-38-40-42-50(54)59-47(45-57-44-43-48(51(55)56)52(3,4)5)46-58-49(53)41-39-37-35-33-31-29-19-17-15-13-11-9-7-2/h8,10,14,16,20-21,23-24,26-27,29,31,47-48H,6-7,9,11-13,15,17-19,22,25,28,30,32-46H2,1-5H3/b10-8+,16-14+,21-20+,24-23+,27-26+,31-29+. The van der Waals surface area contributed by atoms with Gasteiger partial charge in [-0.2, -0.15) is 0 Å². The largest absolute Gasteiger partial charge is 0.544 e. The molecule has 0 aliphatic carbocycles. The summed E-state index contributed by atoms with van der Waals surface area (Å²) < 4.78 is 17.2. The first-order valence-electron chi connectivity index (χ1n) is 23.5. The monoisotopic (exact) mass is 826 g/mol. The Morgan fingerprint density at radius 2 is 0.949 bits per heavy atom. The predicted molar refractivity (Wildman–Crippen MR) is 245 cm³/mol. The maximum Gasteiger partial charge on any atom is 0.306 e. The van der Waals surface area contributed by atoms with Crippen molar-refractivity contribution in [2.45, 2.75) is 193 Å². The smallest absolute Gasteiger partial charge is 0.306 e. The maximum atomic E-state index is 12.7. The number of carbonyl (C=O) groups excluding carboxylic acids is 3. The van der Waals surface area contributed by atoms with E-state index in [4.69, 9.17) is 14.2 Å². The topological polar surface area (TPSA) is 102 Å². The number of carboxylic acid groups (broad SMARTS) is 1. The zero-order valence-electron chi connectivity index (χ0n) is 38.4. The van der Waals surface area contributed by atoms with E-state index in [-0.39, 0.29) is 42.7 Å². The van der Waals surface area contributed by atoms with Gasteiger partial charge >= 0.3 is 11.9 Å². The minimum atomic E-state index is -1.13. The van der Waals surface area contributed by atoms with Crippen molar-refractivity contribution in [3.8, 4) is 0 Å². The molecular formula is C51H87NO7. The van der Waals surface area contributed by atoms with Crippen molar-refractivity contribution in [2.75, 3.05) is 41.0 Å². The second-order valence-corrected chi connectivity index (χ2v) is 16.6. The number of aliphatic carboxylic acids is 1. The number of hydrogen-bond donors (Lipinski definition) is 0. The summed E-state index contributed by atoms with van der Waals surface area (Å²) >= 11 is 0. The van der Waals surface area contributed by atoms with E-state index in [9.17, 15) is 19.5 Å². The third-order valence-electron chi connectivity index (χ3n) is 10.1. The van der Waals surface area contributed by atoms with Gasteiger partial charge < -0.3 is 28.6 Å². The van der Waals surface area contributed by atoms with Crippen molar-refractivity contribution in [1.29, 1.82) is 0 Å². The molecule has 0 bridgehead atoms. The van der Waals surface area contributed by atoms with Crippen LogP contribution in [0.4, 0.5) is 0 Å². The molecule has 0 aliphatic heterocycles. The van der Waals surface area contributed by atoms with Crippen LogP contribution in [0, 0.1) is 0 Å². The summed E-state index contributed by atoms with van der Waals surface area (Å²) in [6.45, 7) is 4.50. The summed E-state index contributed by atoms with van der Waals surface area (Å²) in [5, 5.41) is 11.6. The molecule has 0 radical (unpaired) electrons. The van der Waals surface area contributed by atoms with E-state index in [1.165, 1.54) is 51.4 Å². The molecule has 0 aliphatic rings. The first-order chi connectivity index (χ1) is 28.6. The molecule has 338 valence electrons. The number of unbranched alkanes of at least 4 members (excludes halogenated alkanes) is 15. The summed E-state index contributed by atoms with van der Waals surface area (Å²) in [6, 6.07) is -0.734. The van der Waals surface area contributed by atoms with Crippen LogP contribution in [0.1, 0.15) is 181 Å². The van der Waals surface area contributed by atoms with Gasteiger partial charge in [-0.3, -0.25) is 9.59 Å². The fourth-order valence-electron chi connectivity index (χ4n) is 6.44. The van der Waals surface area contributed by atoms with Crippen molar-refractivity contribution < 1.29 is 38.2 Å². The van der Waals surface area contributed by atoms with E-state index >= 15 is 0 Å². The Bertz CT molecular complexity index is 1190. The van der Waals surface area contributed by atoms with Gasteiger partial charge in [-0.25, -0.2) is 0 Å². The highest BCUT2D eigenvalue weighted by Gasteiger charge is 2.25. The Kier molecular flexibility index (Phi) is 39.2. The number of ether oxygens (including phenoxy) is 3. The molecule has 0 saturated heterocycles. The van der Waals surface area contributed by atoms with Crippen LogP contribution < -0.4 is 5.11 Å². The third kappa shape index (κ3) is 40.0. The Morgan fingerprint density at radius 1 is 0.525 bits per heavy atom. The molecular weight excluding hydrogens is 739 g/mol. The van der Waals surface area contributed by atoms with Gasteiger partial charge in [0.1, 0.15) is 12.6 Å². The lowest BCUT2D eigenvalue weighted by molar-refractivity contribution is -0.889. The fraction of sp³-hybridized carbons (Fsp3) is 0.706. The van der Waals surface area contributed by atoms with Crippen LogP contribution in [0.3, 0.4) is 0 Å². The molecule has 2 atom stereocenters. The molecule has 8 nitrogen and oxygen atoms in total. The zero-order valence-corrected chi connectivity index (χ0v) is 38.4. The van der Waals surface area contributed by atoms with E-state index in [0.717, 1.165) is 96.3 Å². The first-order valence-corrected chi connectivity index (χ1v) is 23.5. The van der Waals surface area contributed by atoms with Crippen molar-refractivity contribution in [3.63, 3.8) is 0 Å². The predicted octanol–water partition coefficient (Wildman–Crippen LogP) is 11.8. The molecule has 2 unspecified atom stereocenters. The molecule has 0 fully saturated rings. The van der Waals surface area contributed by atoms with Gasteiger partial charge in [0.05, 0.1) is 40.3 Å². The minimum absolute atomic E-state index is 0.0267. The number of carbonyl (C=O) groups is 3. The van der Waals surface area contributed by atoms with Gasteiger partial charge in [-0.05, 0) is 83.5 Å². The summed E-state index contributed by atoms with van der Waals surface area (Å²) in [5.74, 6) is -1.78. The van der Waals surface area contributed by atoms with Crippen LogP contribution in [-0.2, 0) is 28.6 Å². The normalized spacial score (nSPS) is 13.6. The molecule has 0 rings (SSSR count). The molecule has 59 heavy (non-hydrogen) atoms. The summed E-state index contributed by atoms with van der Waals surface area (Å²) in [5.41, 5.74) is 0. The first kappa shape index (κ1) is 55.8. The molecule has 0 aromatic carbocycles. The zero-order chi connectivity index (χ0) is 43.5. The van der Waals surface area contributed by atoms with E-state index in [2.05, 4.69) is 86.8 Å². The Labute approximate surface area is 361 Å². The average Bonchev–Trinajstić information content (AvgIpc) is 3.19. The molecule has 0 aromatic rings. The third-order valence-corrected chi connectivity index (χ3v) is 10.1. The lowest BCUT2D eigenvalue weighted by atomic mass is 10.1. The van der Waals surface area contributed by atoms with Crippen molar-refractivity contribution in [3.05, 3.63) is 72.9 Å². The lowest BCUT2D eigenvalue weighted by Gasteiger charge is -2.34. The summed E-state index contributed by atoms with van der Waals surface area (Å²) in [6.07, 6.45) is 52.1. The van der Waals surface area contributed by atoms with Crippen molar-refractivity contribution in [1.82, 2.24) is 0 Å².